The Bertz CT molecular complexity index is 911. The van der Waals surface area contributed by atoms with Gasteiger partial charge in [0.1, 0.15) is 5.82 Å². The predicted octanol–water partition coefficient (Wildman–Crippen LogP) is 4.86. The van der Waals surface area contributed by atoms with Crippen LogP contribution >= 0.6 is 11.8 Å². The molecule has 146 valence electrons. The zero-order chi connectivity index (χ0) is 20.1. The molecule has 0 aliphatic carbocycles. The van der Waals surface area contributed by atoms with E-state index in [0.29, 0.717) is 35.2 Å². The minimum atomic E-state index is -0.369. The molecule has 0 spiro atoms. The predicted molar refractivity (Wildman–Crippen MR) is 107 cm³/mol. The summed E-state index contributed by atoms with van der Waals surface area (Å²) in [6.07, 6.45) is 1.66. The van der Waals surface area contributed by atoms with E-state index < -0.39 is 0 Å². The van der Waals surface area contributed by atoms with Crippen LogP contribution in [0.2, 0.25) is 0 Å². The van der Waals surface area contributed by atoms with Crippen LogP contribution in [0.4, 0.5) is 9.18 Å². The summed E-state index contributed by atoms with van der Waals surface area (Å²) in [4.78, 5) is 26.4. The quantitative estimate of drug-likeness (QED) is 0.620. The van der Waals surface area contributed by atoms with E-state index in [0.717, 1.165) is 22.2 Å². The molecule has 0 N–H and O–H groups in total. The first-order valence-corrected chi connectivity index (χ1v) is 9.73. The first kappa shape index (κ1) is 19.9. The van der Waals surface area contributed by atoms with E-state index in [9.17, 15) is 14.0 Å². The van der Waals surface area contributed by atoms with Gasteiger partial charge in [-0.1, -0.05) is 18.2 Å². The van der Waals surface area contributed by atoms with Crippen molar-refractivity contribution >= 4 is 29.0 Å². The van der Waals surface area contributed by atoms with Gasteiger partial charge in [-0.2, -0.15) is 0 Å². The minimum absolute atomic E-state index is 0.107. The third-order valence-electron chi connectivity index (χ3n) is 3.99. The van der Waals surface area contributed by atoms with Crippen LogP contribution < -0.4 is 9.47 Å². The Kier molecular flexibility index (Phi) is 6.36. The summed E-state index contributed by atoms with van der Waals surface area (Å²) in [5, 5.41) is -0.350. The Morgan fingerprint density at radius 2 is 1.68 bits per heavy atom. The summed E-state index contributed by atoms with van der Waals surface area (Å²) in [6.45, 7) is 4.87. The number of benzene rings is 2. The Balaban J connectivity index is 1.81. The summed E-state index contributed by atoms with van der Waals surface area (Å²) in [7, 11) is 0. The lowest BCUT2D eigenvalue weighted by molar-refractivity contribution is -0.123. The van der Waals surface area contributed by atoms with Gasteiger partial charge in [-0.05, 0) is 67.1 Å². The van der Waals surface area contributed by atoms with Crippen molar-refractivity contribution in [3.63, 3.8) is 0 Å². The van der Waals surface area contributed by atoms with Crippen molar-refractivity contribution in [1.29, 1.82) is 0 Å². The molecule has 0 saturated carbocycles. The average Bonchev–Trinajstić information content (AvgIpc) is 2.93. The van der Waals surface area contributed by atoms with Crippen molar-refractivity contribution in [2.45, 2.75) is 20.4 Å². The maximum atomic E-state index is 13.0. The van der Waals surface area contributed by atoms with Crippen molar-refractivity contribution in [1.82, 2.24) is 4.90 Å². The van der Waals surface area contributed by atoms with Crippen LogP contribution in [0.25, 0.3) is 6.08 Å². The van der Waals surface area contributed by atoms with E-state index in [1.165, 1.54) is 12.1 Å². The molecule has 1 saturated heterocycles. The molecule has 2 aromatic rings. The van der Waals surface area contributed by atoms with E-state index in [2.05, 4.69) is 0 Å². The van der Waals surface area contributed by atoms with Crippen molar-refractivity contribution < 1.29 is 23.5 Å². The highest BCUT2D eigenvalue weighted by Crippen LogP contribution is 2.35. The summed E-state index contributed by atoms with van der Waals surface area (Å²) in [5.41, 5.74) is 1.42. The number of carbonyl (C=O) groups is 2. The fourth-order valence-corrected chi connectivity index (χ4v) is 3.56. The van der Waals surface area contributed by atoms with Crippen molar-refractivity contribution in [2.75, 3.05) is 13.2 Å². The monoisotopic (exact) mass is 401 g/mol. The lowest BCUT2D eigenvalue weighted by Crippen LogP contribution is -2.27. The number of hydrogen-bond acceptors (Lipinski definition) is 5. The summed E-state index contributed by atoms with van der Waals surface area (Å²) in [6, 6.07) is 11.1. The lowest BCUT2D eigenvalue weighted by atomic mass is 10.1. The highest BCUT2D eigenvalue weighted by Gasteiger charge is 2.35. The number of amides is 2. The molecular formula is C21H20FNO4S. The Morgan fingerprint density at radius 3 is 2.36 bits per heavy atom. The molecule has 1 aliphatic rings. The van der Waals surface area contributed by atoms with Gasteiger partial charge in [0.2, 0.25) is 0 Å². The van der Waals surface area contributed by atoms with Crippen LogP contribution in [0.15, 0.2) is 47.4 Å². The summed E-state index contributed by atoms with van der Waals surface area (Å²) >= 11 is 0.885. The first-order chi connectivity index (χ1) is 13.5. The zero-order valence-electron chi connectivity index (χ0n) is 15.6. The second-order valence-corrected chi connectivity index (χ2v) is 6.96. The molecule has 2 aromatic carbocycles. The minimum Gasteiger partial charge on any atom is -0.490 e. The molecule has 1 fully saturated rings. The third-order valence-corrected chi connectivity index (χ3v) is 4.90. The van der Waals surface area contributed by atoms with Gasteiger partial charge in [0, 0.05) is 0 Å². The fraction of sp³-hybridized carbons (Fsp3) is 0.238. The highest BCUT2D eigenvalue weighted by molar-refractivity contribution is 8.18. The fourth-order valence-electron chi connectivity index (χ4n) is 2.72. The molecule has 5 nitrogen and oxygen atoms in total. The molecule has 1 aliphatic heterocycles. The molecule has 0 bridgehead atoms. The van der Waals surface area contributed by atoms with Crippen LogP contribution in [0.1, 0.15) is 25.0 Å². The van der Waals surface area contributed by atoms with Gasteiger partial charge in [-0.3, -0.25) is 14.5 Å². The number of hydrogen-bond donors (Lipinski definition) is 0. The number of nitrogens with zero attached hydrogens (tertiary/aromatic N) is 1. The highest BCUT2D eigenvalue weighted by atomic mass is 32.2. The van der Waals surface area contributed by atoms with Gasteiger partial charge in [0.25, 0.3) is 11.1 Å². The number of carbonyl (C=O) groups excluding carboxylic acids is 2. The van der Waals surface area contributed by atoms with Crippen molar-refractivity contribution in [3.05, 3.63) is 64.3 Å². The number of halogens is 1. The normalized spacial score (nSPS) is 15.4. The Hall–Kier alpha value is -2.80. The van der Waals surface area contributed by atoms with E-state index in [1.54, 1.807) is 30.3 Å². The standard InChI is InChI=1S/C21H20FNO4S/c1-3-26-17-10-7-15(11-18(17)27-4-2)12-19-20(24)23(21(25)28-19)13-14-5-8-16(22)9-6-14/h5-12H,3-4,13H2,1-2H3/b19-12+. The van der Waals surface area contributed by atoms with Gasteiger partial charge in [-0.25, -0.2) is 4.39 Å². The molecule has 7 heteroatoms. The molecule has 0 radical (unpaired) electrons. The molecule has 2 amide bonds. The van der Waals surface area contributed by atoms with E-state index in [4.69, 9.17) is 9.47 Å². The SMILES string of the molecule is CCOc1ccc(/C=C2/SC(=O)N(Cc3ccc(F)cc3)C2=O)cc1OCC. The second kappa shape index (κ2) is 8.93. The Labute approximate surface area is 167 Å². The first-order valence-electron chi connectivity index (χ1n) is 8.91. The van der Waals surface area contributed by atoms with E-state index in [1.807, 2.05) is 19.9 Å². The Morgan fingerprint density at radius 1 is 1.00 bits per heavy atom. The molecule has 1 heterocycles. The zero-order valence-corrected chi connectivity index (χ0v) is 16.4. The lowest BCUT2D eigenvalue weighted by Gasteiger charge is -2.12. The topological polar surface area (TPSA) is 55.8 Å². The molecule has 3 rings (SSSR count). The van der Waals surface area contributed by atoms with E-state index in [-0.39, 0.29) is 23.5 Å². The van der Waals surface area contributed by atoms with Crippen LogP contribution in [-0.4, -0.2) is 29.3 Å². The van der Waals surface area contributed by atoms with Crippen LogP contribution in [-0.2, 0) is 11.3 Å². The van der Waals surface area contributed by atoms with Crippen LogP contribution in [0, 0.1) is 5.82 Å². The number of ether oxygens (including phenoxy) is 2. The largest absolute Gasteiger partial charge is 0.490 e. The molecular weight excluding hydrogens is 381 g/mol. The van der Waals surface area contributed by atoms with Crippen molar-refractivity contribution in [3.8, 4) is 11.5 Å². The van der Waals surface area contributed by atoms with Gasteiger partial charge < -0.3 is 9.47 Å². The maximum Gasteiger partial charge on any atom is 0.293 e. The second-order valence-electron chi connectivity index (χ2n) is 5.97. The number of thioether (sulfide) groups is 1. The molecule has 0 unspecified atom stereocenters. The van der Waals surface area contributed by atoms with Gasteiger partial charge in [0.15, 0.2) is 11.5 Å². The molecule has 0 atom stereocenters. The summed E-state index contributed by atoms with van der Waals surface area (Å²) in [5.74, 6) is 0.485. The van der Waals surface area contributed by atoms with Crippen molar-refractivity contribution in [2.24, 2.45) is 0 Å². The molecule has 0 aromatic heterocycles. The smallest absolute Gasteiger partial charge is 0.293 e. The van der Waals surface area contributed by atoms with Gasteiger partial charge in [-0.15, -0.1) is 0 Å². The molecule has 28 heavy (non-hydrogen) atoms. The third kappa shape index (κ3) is 4.54. The summed E-state index contributed by atoms with van der Waals surface area (Å²) < 4.78 is 24.2. The van der Waals surface area contributed by atoms with Crippen LogP contribution in [0.3, 0.4) is 0 Å². The number of imide groups is 1. The van der Waals surface area contributed by atoms with E-state index >= 15 is 0 Å². The average molecular weight is 401 g/mol. The van der Waals surface area contributed by atoms with Gasteiger partial charge >= 0.3 is 0 Å². The number of rotatable bonds is 7. The van der Waals surface area contributed by atoms with Crippen LogP contribution in [0.5, 0.6) is 11.5 Å². The maximum absolute atomic E-state index is 13.0. The van der Waals surface area contributed by atoms with Gasteiger partial charge in [0.05, 0.1) is 24.7 Å².